The zero-order valence-electron chi connectivity index (χ0n) is 11.3. The van der Waals surface area contributed by atoms with Gasteiger partial charge in [-0.3, -0.25) is 4.79 Å². The summed E-state index contributed by atoms with van der Waals surface area (Å²) in [5, 5.41) is 0. The van der Waals surface area contributed by atoms with Gasteiger partial charge in [-0.25, -0.2) is 0 Å². The fraction of sp³-hybridized carbons (Fsp3) is 0.667. The average molecular weight is 231 g/mol. The van der Waals surface area contributed by atoms with E-state index in [0.29, 0.717) is 17.7 Å². The van der Waals surface area contributed by atoms with E-state index in [1.165, 1.54) is 24.2 Å². The van der Waals surface area contributed by atoms with Crippen LogP contribution in [0.5, 0.6) is 0 Å². The lowest BCUT2D eigenvalue weighted by Gasteiger charge is -2.31. The Morgan fingerprint density at radius 2 is 1.82 bits per heavy atom. The Bertz CT molecular complexity index is 503. The molecule has 1 fully saturated rings. The summed E-state index contributed by atoms with van der Waals surface area (Å²) in [5.74, 6) is 0.336. The van der Waals surface area contributed by atoms with Crippen molar-refractivity contribution in [3.8, 4) is 0 Å². The molecule has 0 bridgehead atoms. The van der Waals surface area contributed by atoms with Crippen LogP contribution < -0.4 is 0 Å². The van der Waals surface area contributed by atoms with Gasteiger partial charge in [0, 0.05) is 28.9 Å². The molecule has 2 aliphatic carbocycles. The second kappa shape index (κ2) is 3.04. The number of hydrogen-bond acceptors (Lipinski definition) is 1. The summed E-state index contributed by atoms with van der Waals surface area (Å²) in [6.45, 7) is 8.86. The molecule has 0 aliphatic heterocycles. The van der Waals surface area contributed by atoms with E-state index in [-0.39, 0.29) is 5.41 Å². The standard InChI is InChI=1S/C15H21NO/c1-10-7-11-12(16(10)15(4)5-6-15)8-14(2,3)9-13(11)17/h7H,5-6,8-9H2,1-4H3. The fourth-order valence-corrected chi connectivity index (χ4v) is 3.31. The first-order valence-electron chi connectivity index (χ1n) is 6.57. The number of carbonyl (C=O) groups excluding carboxylic acids is 1. The molecule has 92 valence electrons. The van der Waals surface area contributed by atoms with Gasteiger partial charge in [0.25, 0.3) is 0 Å². The number of Topliss-reactive ketones (excluding diaryl/α,β-unsaturated/α-hetero) is 1. The van der Waals surface area contributed by atoms with Gasteiger partial charge in [-0.1, -0.05) is 13.8 Å². The molecule has 0 N–H and O–H groups in total. The summed E-state index contributed by atoms with van der Waals surface area (Å²) >= 11 is 0. The second-order valence-corrected chi connectivity index (χ2v) is 6.92. The molecule has 2 nitrogen and oxygen atoms in total. The third kappa shape index (κ3) is 1.57. The molecule has 1 heterocycles. The average Bonchev–Trinajstić information content (AvgIpc) is 2.80. The molecule has 1 aromatic rings. The minimum atomic E-state index is 0.123. The van der Waals surface area contributed by atoms with Gasteiger partial charge in [0.05, 0.1) is 0 Å². The molecule has 2 aliphatic rings. The highest BCUT2D eigenvalue weighted by Gasteiger charge is 2.44. The van der Waals surface area contributed by atoms with Crippen LogP contribution in [0.25, 0.3) is 0 Å². The van der Waals surface area contributed by atoms with Gasteiger partial charge in [0.1, 0.15) is 0 Å². The molecule has 3 rings (SSSR count). The molecule has 0 saturated heterocycles. The number of rotatable bonds is 1. The maximum atomic E-state index is 12.2. The Balaban J connectivity index is 2.17. The van der Waals surface area contributed by atoms with E-state index >= 15 is 0 Å². The van der Waals surface area contributed by atoms with Crippen molar-refractivity contribution >= 4 is 5.78 Å². The van der Waals surface area contributed by atoms with Crippen LogP contribution in [0.2, 0.25) is 0 Å². The molecule has 17 heavy (non-hydrogen) atoms. The van der Waals surface area contributed by atoms with Crippen molar-refractivity contribution in [1.82, 2.24) is 4.57 Å². The van der Waals surface area contributed by atoms with Crippen molar-refractivity contribution in [2.45, 2.75) is 58.9 Å². The van der Waals surface area contributed by atoms with E-state index in [0.717, 1.165) is 12.0 Å². The SMILES string of the molecule is Cc1cc2c(n1C1(C)CC1)CC(C)(C)CC2=O. The monoisotopic (exact) mass is 231 g/mol. The topological polar surface area (TPSA) is 22.0 Å². The van der Waals surface area contributed by atoms with Gasteiger partial charge in [-0.05, 0) is 44.6 Å². The van der Waals surface area contributed by atoms with E-state index in [9.17, 15) is 4.79 Å². The molecule has 0 aromatic carbocycles. The van der Waals surface area contributed by atoms with Gasteiger partial charge in [0.15, 0.2) is 5.78 Å². The predicted molar refractivity (Wildman–Crippen MR) is 68.5 cm³/mol. The lowest BCUT2D eigenvalue weighted by atomic mass is 9.76. The highest BCUT2D eigenvalue weighted by atomic mass is 16.1. The van der Waals surface area contributed by atoms with Gasteiger partial charge in [-0.15, -0.1) is 0 Å². The van der Waals surface area contributed by atoms with Crippen LogP contribution in [-0.4, -0.2) is 10.4 Å². The summed E-state index contributed by atoms with van der Waals surface area (Å²) in [6.07, 6.45) is 4.24. The number of carbonyl (C=O) groups is 1. The number of hydrogen-bond donors (Lipinski definition) is 0. The van der Waals surface area contributed by atoms with E-state index in [1.807, 2.05) is 0 Å². The Morgan fingerprint density at radius 1 is 1.18 bits per heavy atom. The van der Waals surface area contributed by atoms with Crippen molar-refractivity contribution in [3.05, 3.63) is 23.0 Å². The number of nitrogens with zero attached hydrogens (tertiary/aromatic N) is 1. The molecule has 1 aromatic heterocycles. The van der Waals surface area contributed by atoms with Crippen LogP contribution in [0.1, 0.15) is 61.8 Å². The molecular formula is C15H21NO. The van der Waals surface area contributed by atoms with E-state index in [1.54, 1.807) is 0 Å². The number of fused-ring (bicyclic) bond motifs is 1. The van der Waals surface area contributed by atoms with Crippen molar-refractivity contribution in [1.29, 1.82) is 0 Å². The third-order valence-electron chi connectivity index (χ3n) is 4.39. The predicted octanol–water partition coefficient (Wildman–Crippen LogP) is 3.46. The maximum Gasteiger partial charge on any atom is 0.165 e. The Morgan fingerprint density at radius 3 is 2.41 bits per heavy atom. The van der Waals surface area contributed by atoms with Crippen LogP contribution in [0.3, 0.4) is 0 Å². The van der Waals surface area contributed by atoms with Gasteiger partial charge in [-0.2, -0.15) is 0 Å². The molecule has 0 atom stereocenters. The van der Waals surface area contributed by atoms with Crippen molar-refractivity contribution in [2.24, 2.45) is 5.41 Å². The zero-order valence-corrected chi connectivity index (χ0v) is 11.3. The van der Waals surface area contributed by atoms with E-state index < -0.39 is 0 Å². The van der Waals surface area contributed by atoms with Crippen LogP contribution in [0, 0.1) is 12.3 Å². The third-order valence-corrected chi connectivity index (χ3v) is 4.39. The normalized spacial score (nSPS) is 24.6. The first-order chi connectivity index (χ1) is 7.82. The molecule has 2 heteroatoms. The van der Waals surface area contributed by atoms with Gasteiger partial charge >= 0.3 is 0 Å². The van der Waals surface area contributed by atoms with E-state index in [2.05, 4.69) is 38.3 Å². The molecule has 0 spiro atoms. The van der Waals surface area contributed by atoms with Crippen molar-refractivity contribution < 1.29 is 4.79 Å². The van der Waals surface area contributed by atoms with Crippen LogP contribution >= 0.6 is 0 Å². The molecule has 0 unspecified atom stereocenters. The zero-order chi connectivity index (χ0) is 12.4. The largest absolute Gasteiger partial charge is 0.342 e. The molecule has 0 radical (unpaired) electrons. The van der Waals surface area contributed by atoms with Gasteiger partial charge < -0.3 is 4.57 Å². The summed E-state index contributed by atoms with van der Waals surface area (Å²) in [6, 6.07) is 2.11. The van der Waals surface area contributed by atoms with Crippen LogP contribution in [-0.2, 0) is 12.0 Å². The first kappa shape index (κ1) is 11.1. The first-order valence-corrected chi connectivity index (χ1v) is 6.57. The van der Waals surface area contributed by atoms with E-state index in [4.69, 9.17) is 0 Å². The highest BCUT2D eigenvalue weighted by molar-refractivity contribution is 5.99. The lowest BCUT2D eigenvalue weighted by Crippen LogP contribution is -2.30. The minimum Gasteiger partial charge on any atom is -0.342 e. The van der Waals surface area contributed by atoms with Crippen LogP contribution in [0.15, 0.2) is 6.07 Å². The number of ketones is 1. The second-order valence-electron chi connectivity index (χ2n) is 6.92. The van der Waals surface area contributed by atoms with Crippen LogP contribution in [0.4, 0.5) is 0 Å². The fourth-order valence-electron chi connectivity index (χ4n) is 3.31. The Hall–Kier alpha value is -1.05. The minimum absolute atomic E-state index is 0.123. The summed E-state index contributed by atoms with van der Waals surface area (Å²) in [4.78, 5) is 12.2. The van der Waals surface area contributed by atoms with Gasteiger partial charge in [0.2, 0.25) is 0 Å². The summed E-state index contributed by atoms with van der Waals surface area (Å²) in [7, 11) is 0. The summed E-state index contributed by atoms with van der Waals surface area (Å²) in [5.41, 5.74) is 3.98. The Labute approximate surface area is 103 Å². The highest BCUT2D eigenvalue weighted by Crippen LogP contribution is 2.48. The molecule has 1 saturated carbocycles. The van der Waals surface area contributed by atoms with Crippen molar-refractivity contribution in [2.75, 3.05) is 0 Å². The van der Waals surface area contributed by atoms with Crippen molar-refractivity contribution in [3.63, 3.8) is 0 Å². The Kier molecular flexibility index (Phi) is 1.98. The molecule has 0 amide bonds. The quantitative estimate of drug-likeness (QED) is 0.725. The lowest BCUT2D eigenvalue weighted by molar-refractivity contribution is 0.0909. The summed E-state index contributed by atoms with van der Waals surface area (Å²) < 4.78 is 2.45. The smallest absolute Gasteiger partial charge is 0.165 e. The number of aryl methyl sites for hydroxylation is 1. The molecular weight excluding hydrogens is 210 g/mol. The number of aromatic nitrogens is 1. The maximum absolute atomic E-state index is 12.2.